The van der Waals surface area contributed by atoms with Gasteiger partial charge in [-0.2, -0.15) is 0 Å². The number of methoxy groups -OCH3 is 1. The van der Waals surface area contributed by atoms with E-state index in [4.69, 9.17) is 9.88 Å². The van der Waals surface area contributed by atoms with Gasteiger partial charge in [0.1, 0.15) is 0 Å². The molecule has 1 aromatic carbocycles. The van der Waals surface area contributed by atoms with Crippen molar-refractivity contribution >= 4 is 15.9 Å². The van der Waals surface area contributed by atoms with Gasteiger partial charge in [0.2, 0.25) is 10.0 Å². The second kappa shape index (κ2) is 7.02. The number of primary sulfonamides is 1. The van der Waals surface area contributed by atoms with Crippen molar-refractivity contribution in [3.63, 3.8) is 0 Å². The third-order valence-corrected chi connectivity index (χ3v) is 4.28. The van der Waals surface area contributed by atoms with Gasteiger partial charge in [0.15, 0.2) is 0 Å². The van der Waals surface area contributed by atoms with Gasteiger partial charge >= 0.3 is 0 Å². The van der Waals surface area contributed by atoms with Gasteiger partial charge in [-0.15, -0.1) is 0 Å². The molecule has 0 radical (unpaired) electrons. The summed E-state index contributed by atoms with van der Waals surface area (Å²) in [6, 6.07) is 4.28. The lowest BCUT2D eigenvalue weighted by atomic mass is 10.0. The fraction of sp³-hybridized carbons (Fsp3) is 0.500. The Kier molecular flexibility index (Phi) is 5.88. The van der Waals surface area contributed by atoms with Gasteiger partial charge in [0.25, 0.3) is 5.91 Å². The third-order valence-electron chi connectivity index (χ3n) is 3.22. The molecular formula is C14H22N2O4S. The Hall–Kier alpha value is -1.44. The maximum atomic E-state index is 12.2. The molecule has 1 atom stereocenters. The summed E-state index contributed by atoms with van der Waals surface area (Å²) >= 11 is 0. The van der Waals surface area contributed by atoms with Crippen LogP contribution in [0, 0.1) is 12.8 Å². The predicted octanol–water partition coefficient (Wildman–Crippen LogP) is 1.04. The zero-order valence-electron chi connectivity index (χ0n) is 12.7. The highest BCUT2D eigenvalue weighted by Crippen LogP contribution is 2.16. The second-order valence-electron chi connectivity index (χ2n) is 5.30. The fourth-order valence-electron chi connectivity index (χ4n) is 1.88. The lowest BCUT2D eigenvalue weighted by Crippen LogP contribution is -2.41. The number of ether oxygens (including phenoxy) is 1. The van der Waals surface area contributed by atoms with Crippen molar-refractivity contribution in [3.8, 4) is 0 Å². The molecule has 0 saturated carbocycles. The molecule has 0 aliphatic rings. The molecule has 118 valence electrons. The van der Waals surface area contributed by atoms with E-state index in [1.54, 1.807) is 26.2 Å². The first-order chi connectivity index (χ1) is 9.66. The van der Waals surface area contributed by atoms with Gasteiger partial charge in [-0.05, 0) is 30.5 Å². The predicted molar refractivity (Wildman–Crippen MR) is 80.5 cm³/mol. The molecule has 0 spiro atoms. The number of carbonyl (C=O) groups is 1. The fourth-order valence-corrected chi connectivity index (χ4v) is 2.69. The van der Waals surface area contributed by atoms with Crippen molar-refractivity contribution in [3.05, 3.63) is 29.3 Å². The van der Waals surface area contributed by atoms with Gasteiger partial charge in [-0.25, -0.2) is 13.6 Å². The summed E-state index contributed by atoms with van der Waals surface area (Å²) in [7, 11) is -2.29. The van der Waals surface area contributed by atoms with E-state index >= 15 is 0 Å². The van der Waals surface area contributed by atoms with Gasteiger partial charge in [-0.3, -0.25) is 4.79 Å². The van der Waals surface area contributed by atoms with Crippen LogP contribution in [0.1, 0.15) is 29.8 Å². The van der Waals surface area contributed by atoms with E-state index in [1.807, 2.05) is 13.8 Å². The van der Waals surface area contributed by atoms with Crippen LogP contribution in [0.2, 0.25) is 0 Å². The summed E-state index contributed by atoms with van der Waals surface area (Å²) in [4.78, 5) is 12.2. The Bertz CT molecular complexity index is 611. The Balaban J connectivity index is 3.03. The summed E-state index contributed by atoms with van der Waals surface area (Å²) in [6.45, 7) is 5.95. The minimum absolute atomic E-state index is 0.0389. The first-order valence-electron chi connectivity index (χ1n) is 6.60. The van der Waals surface area contributed by atoms with Crippen LogP contribution in [0.15, 0.2) is 23.1 Å². The molecule has 0 bridgehead atoms. The van der Waals surface area contributed by atoms with Crippen LogP contribution in [0.3, 0.4) is 0 Å². The lowest BCUT2D eigenvalue weighted by molar-refractivity contribution is 0.0866. The largest absolute Gasteiger partial charge is 0.383 e. The maximum absolute atomic E-state index is 12.2. The van der Waals surface area contributed by atoms with Crippen molar-refractivity contribution in [2.45, 2.75) is 31.7 Å². The average Bonchev–Trinajstić information content (AvgIpc) is 2.37. The van der Waals surface area contributed by atoms with Crippen LogP contribution in [-0.4, -0.2) is 34.1 Å². The van der Waals surface area contributed by atoms with Crippen LogP contribution in [0.4, 0.5) is 0 Å². The van der Waals surface area contributed by atoms with Crippen LogP contribution >= 0.6 is 0 Å². The molecule has 3 N–H and O–H groups in total. The lowest BCUT2D eigenvalue weighted by Gasteiger charge is -2.21. The molecule has 0 heterocycles. The maximum Gasteiger partial charge on any atom is 0.251 e. The first-order valence-corrected chi connectivity index (χ1v) is 8.14. The van der Waals surface area contributed by atoms with E-state index in [1.165, 1.54) is 6.07 Å². The van der Waals surface area contributed by atoms with E-state index in [2.05, 4.69) is 5.32 Å². The number of sulfonamides is 1. The second-order valence-corrected chi connectivity index (χ2v) is 6.83. The van der Waals surface area contributed by atoms with Crippen LogP contribution in [0.5, 0.6) is 0 Å². The van der Waals surface area contributed by atoms with Crippen molar-refractivity contribution < 1.29 is 17.9 Å². The zero-order chi connectivity index (χ0) is 16.2. The number of hydrogen-bond donors (Lipinski definition) is 2. The molecule has 0 aromatic heterocycles. The zero-order valence-corrected chi connectivity index (χ0v) is 13.5. The SMILES string of the molecule is COCC(NC(=O)c1ccc(C)c(S(N)(=O)=O)c1)C(C)C. The van der Waals surface area contributed by atoms with Crippen LogP contribution in [-0.2, 0) is 14.8 Å². The Morgan fingerprint density at radius 3 is 2.48 bits per heavy atom. The van der Waals surface area contributed by atoms with Crippen molar-refractivity contribution in [2.24, 2.45) is 11.1 Å². The monoisotopic (exact) mass is 314 g/mol. The molecule has 0 fully saturated rings. The number of nitrogens with two attached hydrogens (primary N) is 1. The molecule has 1 amide bonds. The summed E-state index contributed by atoms with van der Waals surface area (Å²) < 4.78 is 28.0. The molecule has 1 aromatic rings. The molecule has 1 unspecified atom stereocenters. The quantitative estimate of drug-likeness (QED) is 0.819. The molecule has 21 heavy (non-hydrogen) atoms. The summed E-state index contributed by atoms with van der Waals surface area (Å²) in [6.07, 6.45) is 0. The molecule has 0 aliphatic heterocycles. The Labute approximate surface area is 125 Å². The van der Waals surface area contributed by atoms with Gasteiger partial charge < -0.3 is 10.1 Å². The molecule has 7 heteroatoms. The highest BCUT2D eigenvalue weighted by molar-refractivity contribution is 7.89. The van der Waals surface area contributed by atoms with E-state index < -0.39 is 10.0 Å². The first kappa shape index (κ1) is 17.6. The number of benzene rings is 1. The third kappa shape index (κ3) is 4.80. The van der Waals surface area contributed by atoms with Crippen molar-refractivity contribution in [2.75, 3.05) is 13.7 Å². The molecule has 6 nitrogen and oxygen atoms in total. The molecule has 1 rings (SSSR count). The van der Waals surface area contributed by atoms with Crippen LogP contribution in [0.25, 0.3) is 0 Å². The topological polar surface area (TPSA) is 98.5 Å². The standard InChI is InChI=1S/C14H22N2O4S/c1-9(2)12(8-20-4)16-14(17)11-6-5-10(3)13(7-11)21(15,18)19/h5-7,9,12H,8H2,1-4H3,(H,16,17)(H2,15,18,19). The van der Waals surface area contributed by atoms with E-state index in [0.29, 0.717) is 12.2 Å². The number of carbonyl (C=O) groups excluding carboxylic acids is 1. The summed E-state index contributed by atoms with van der Waals surface area (Å²) in [5.74, 6) is -0.160. The van der Waals surface area contributed by atoms with Gasteiger partial charge in [0, 0.05) is 12.7 Å². The average molecular weight is 314 g/mol. The molecule has 0 aliphatic carbocycles. The minimum atomic E-state index is -3.85. The Morgan fingerprint density at radius 1 is 1.38 bits per heavy atom. The van der Waals surface area contributed by atoms with Crippen molar-refractivity contribution in [1.29, 1.82) is 0 Å². The minimum Gasteiger partial charge on any atom is -0.383 e. The highest BCUT2D eigenvalue weighted by Gasteiger charge is 2.19. The van der Waals surface area contributed by atoms with E-state index in [-0.39, 0.29) is 28.3 Å². The summed E-state index contributed by atoms with van der Waals surface area (Å²) in [5, 5.41) is 7.98. The normalized spacial score (nSPS) is 13.2. The van der Waals surface area contributed by atoms with Crippen molar-refractivity contribution in [1.82, 2.24) is 5.32 Å². The van der Waals surface area contributed by atoms with Gasteiger partial charge in [0.05, 0.1) is 17.5 Å². The molecular weight excluding hydrogens is 292 g/mol. The van der Waals surface area contributed by atoms with Crippen LogP contribution < -0.4 is 10.5 Å². The number of aryl methyl sites for hydroxylation is 1. The Morgan fingerprint density at radius 2 is 2.00 bits per heavy atom. The van der Waals surface area contributed by atoms with E-state index in [0.717, 1.165) is 0 Å². The number of rotatable bonds is 6. The highest BCUT2D eigenvalue weighted by atomic mass is 32.2. The number of amides is 1. The number of nitrogens with one attached hydrogen (secondary N) is 1. The summed E-state index contributed by atoms with van der Waals surface area (Å²) in [5.41, 5.74) is 0.762. The smallest absolute Gasteiger partial charge is 0.251 e. The van der Waals surface area contributed by atoms with E-state index in [9.17, 15) is 13.2 Å². The number of hydrogen-bond acceptors (Lipinski definition) is 4. The van der Waals surface area contributed by atoms with Gasteiger partial charge in [-0.1, -0.05) is 19.9 Å². The molecule has 0 saturated heterocycles.